The Morgan fingerprint density at radius 1 is 1.04 bits per heavy atom. The van der Waals surface area contributed by atoms with Crippen molar-refractivity contribution in [2.24, 2.45) is 11.8 Å². The fraction of sp³-hybridized carbons (Fsp3) is 0.389. The Bertz CT molecular complexity index is 773. The molecule has 7 heteroatoms. The van der Waals surface area contributed by atoms with Crippen LogP contribution in [0.1, 0.15) is 18.5 Å². The average molecular weight is 346 g/mol. The molecule has 25 heavy (non-hydrogen) atoms. The number of aromatic nitrogens is 3. The zero-order chi connectivity index (χ0) is 17.4. The van der Waals surface area contributed by atoms with Crippen molar-refractivity contribution in [1.29, 1.82) is 0 Å². The molecule has 2 aromatic rings. The first-order chi connectivity index (χ1) is 12.0. The van der Waals surface area contributed by atoms with E-state index in [-0.39, 0.29) is 5.82 Å². The molecule has 0 radical (unpaired) electrons. The van der Waals surface area contributed by atoms with E-state index in [1.165, 1.54) is 6.20 Å². The van der Waals surface area contributed by atoms with Crippen LogP contribution in [0.4, 0.5) is 19.0 Å². The first-order valence-corrected chi connectivity index (χ1v) is 8.27. The second-order valence-corrected chi connectivity index (χ2v) is 6.54. The lowest BCUT2D eigenvalue weighted by atomic mass is 9.86. The molecule has 0 spiro atoms. The van der Waals surface area contributed by atoms with Gasteiger partial charge in [-0.1, -0.05) is 12.2 Å². The summed E-state index contributed by atoms with van der Waals surface area (Å²) in [5.74, 6) is 1.37. The number of pyridine rings is 1. The zero-order valence-corrected chi connectivity index (χ0v) is 13.4. The Labute approximate surface area is 143 Å². The molecule has 4 rings (SSSR count). The predicted molar refractivity (Wildman–Crippen MR) is 87.8 cm³/mol. The van der Waals surface area contributed by atoms with Gasteiger partial charge in [-0.25, -0.2) is 9.97 Å². The molecule has 1 aliphatic carbocycles. The molecule has 2 atom stereocenters. The number of nitrogens with zero attached hydrogens (tertiary/aromatic N) is 4. The molecule has 1 saturated heterocycles. The van der Waals surface area contributed by atoms with Crippen LogP contribution in [0, 0.1) is 11.8 Å². The van der Waals surface area contributed by atoms with Gasteiger partial charge in [0.05, 0.1) is 0 Å². The van der Waals surface area contributed by atoms with E-state index in [9.17, 15) is 13.2 Å². The summed E-state index contributed by atoms with van der Waals surface area (Å²) in [4.78, 5) is 14.0. The van der Waals surface area contributed by atoms with E-state index in [2.05, 4.69) is 27.1 Å². The maximum Gasteiger partial charge on any atom is 0.433 e. The summed E-state index contributed by atoms with van der Waals surface area (Å²) >= 11 is 0. The van der Waals surface area contributed by atoms with Crippen molar-refractivity contribution in [2.45, 2.75) is 19.0 Å². The van der Waals surface area contributed by atoms with Gasteiger partial charge >= 0.3 is 6.18 Å². The van der Waals surface area contributed by atoms with E-state index in [4.69, 9.17) is 0 Å². The molecule has 4 nitrogen and oxygen atoms in total. The van der Waals surface area contributed by atoms with Crippen molar-refractivity contribution in [1.82, 2.24) is 15.0 Å². The SMILES string of the molecule is FC(F)(F)c1cc(N2CC3CC=CCC3C2)nc(-c2cccnc2)n1. The third-order valence-corrected chi connectivity index (χ3v) is 4.87. The first-order valence-electron chi connectivity index (χ1n) is 8.27. The van der Waals surface area contributed by atoms with Gasteiger partial charge in [0.1, 0.15) is 5.82 Å². The average Bonchev–Trinajstić information content (AvgIpc) is 3.05. The fourth-order valence-electron chi connectivity index (χ4n) is 3.57. The number of alkyl halides is 3. The standard InChI is InChI=1S/C18H17F3N4/c19-18(20,21)15-8-16(24-17(23-15)12-6-3-7-22-9-12)25-10-13-4-1-2-5-14(13)11-25/h1-3,6-9,13-14H,4-5,10-11H2. The fourth-order valence-corrected chi connectivity index (χ4v) is 3.57. The van der Waals surface area contributed by atoms with E-state index in [0.29, 0.717) is 23.2 Å². The number of anilines is 1. The molecule has 2 aliphatic rings. The van der Waals surface area contributed by atoms with Crippen molar-refractivity contribution in [3.05, 3.63) is 48.4 Å². The van der Waals surface area contributed by atoms with Crippen molar-refractivity contribution in [2.75, 3.05) is 18.0 Å². The highest BCUT2D eigenvalue weighted by atomic mass is 19.4. The van der Waals surface area contributed by atoms with Crippen LogP contribution in [0.3, 0.4) is 0 Å². The normalized spacial score (nSPS) is 22.9. The minimum atomic E-state index is -4.51. The molecular weight excluding hydrogens is 329 g/mol. The summed E-state index contributed by atoms with van der Waals surface area (Å²) in [6, 6.07) is 4.39. The minimum Gasteiger partial charge on any atom is -0.356 e. The van der Waals surface area contributed by atoms with Gasteiger partial charge in [-0.05, 0) is 36.8 Å². The van der Waals surface area contributed by atoms with Gasteiger partial charge in [0.2, 0.25) is 0 Å². The van der Waals surface area contributed by atoms with Gasteiger partial charge in [0.15, 0.2) is 11.5 Å². The summed E-state index contributed by atoms with van der Waals surface area (Å²) in [7, 11) is 0. The van der Waals surface area contributed by atoms with Gasteiger partial charge in [0, 0.05) is 37.1 Å². The van der Waals surface area contributed by atoms with E-state index < -0.39 is 11.9 Å². The van der Waals surface area contributed by atoms with E-state index in [0.717, 1.165) is 32.0 Å². The smallest absolute Gasteiger partial charge is 0.356 e. The number of halogens is 3. The molecule has 2 unspecified atom stereocenters. The third-order valence-electron chi connectivity index (χ3n) is 4.87. The van der Waals surface area contributed by atoms with Crippen LogP contribution in [0.15, 0.2) is 42.7 Å². The lowest BCUT2D eigenvalue weighted by molar-refractivity contribution is -0.141. The molecule has 0 bridgehead atoms. The summed E-state index contributed by atoms with van der Waals surface area (Å²) in [5, 5.41) is 0. The lowest BCUT2D eigenvalue weighted by Crippen LogP contribution is -2.23. The molecule has 0 aromatic carbocycles. The topological polar surface area (TPSA) is 41.9 Å². The van der Waals surface area contributed by atoms with Gasteiger partial charge in [-0.3, -0.25) is 4.98 Å². The second kappa shape index (κ2) is 6.13. The van der Waals surface area contributed by atoms with Crippen LogP contribution in [-0.2, 0) is 6.18 Å². The molecule has 0 N–H and O–H groups in total. The number of rotatable bonds is 2. The molecule has 1 aliphatic heterocycles. The Kier molecular flexibility index (Phi) is 3.94. The molecule has 2 aromatic heterocycles. The highest BCUT2D eigenvalue weighted by molar-refractivity contribution is 5.57. The summed E-state index contributed by atoms with van der Waals surface area (Å²) in [5.41, 5.74) is -0.433. The van der Waals surface area contributed by atoms with Gasteiger partial charge < -0.3 is 4.90 Å². The predicted octanol–water partition coefficient (Wildman–Crippen LogP) is 3.96. The maximum absolute atomic E-state index is 13.3. The maximum atomic E-state index is 13.3. The summed E-state index contributed by atoms with van der Waals surface area (Å²) in [6.45, 7) is 1.46. The highest BCUT2D eigenvalue weighted by Gasteiger charge is 2.37. The number of hydrogen-bond donors (Lipinski definition) is 0. The quantitative estimate of drug-likeness (QED) is 0.772. The van der Waals surface area contributed by atoms with Crippen LogP contribution in [-0.4, -0.2) is 28.0 Å². The van der Waals surface area contributed by atoms with Crippen LogP contribution in [0.2, 0.25) is 0 Å². The first kappa shape index (κ1) is 16.1. The monoisotopic (exact) mass is 346 g/mol. The largest absolute Gasteiger partial charge is 0.433 e. The zero-order valence-electron chi connectivity index (χ0n) is 13.4. The highest BCUT2D eigenvalue weighted by Crippen LogP contribution is 2.37. The summed E-state index contributed by atoms with van der Waals surface area (Å²) in [6.07, 6.45) is 4.81. The minimum absolute atomic E-state index is 0.0610. The van der Waals surface area contributed by atoms with Gasteiger partial charge in [0.25, 0.3) is 0 Å². The van der Waals surface area contributed by atoms with Crippen LogP contribution in [0.25, 0.3) is 11.4 Å². The van der Waals surface area contributed by atoms with Crippen molar-refractivity contribution < 1.29 is 13.2 Å². The molecule has 0 amide bonds. The Morgan fingerprint density at radius 3 is 2.36 bits per heavy atom. The second-order valence-electron chi connectivity index (χ2n) is 6.54. The van der Waals surface area contributed by atoms with Crippen molar-refractivity contribution >= 4 is 5.82 Å². The van der Waals surface area contributed by atoms with Gasteiger partial charge in [-0.2, -0.15) is 13.2 Å². The van der Waals surface area contributed by atoms with Crippen molar-refractivity contribution in [3.8, 4) is 11.4 Å². The number of fused-ring (bicyclic) bond motifs is 1. The van der Waals surface area contributed by atoms with Crippen molar-refractivity contribution in [3.63, 3.8) is 0 Å². The van der Waals surface area contributed by atoms with Crippen LogP contribution >= 0.6 is 0 Å². The third kappa shape index (κ3) is 3.23. The summed E-state index contributed by atoms with van der Waals surface area (Å²) < 4.78 is 39.9. The lowest BCUT2D eigenvalue weighted by Gasteiger charge is -2.19. The van der Waals surface area contributed by atoms with Crippen LogP contribution in [0.5, 0.6) is 0 Å². The molecular formula is C18H17F3N4. The van der Waals surface area contributed by atoms with E-state index in [1.807, 2.05) is 4.90 Å². The molecule has 1 fully saturated rings. The number of hydrogen-bond acceptors (Lipinski definition) is 4. The Hall–Kier alpha value is -2.44. The van der Waals surface area contributed by atoms with E-state index in [1.54, 1.807) is 18.3 Å². The number of allylic oxidation sites excluding steroid dienone is 2. The Morgan fingerprint density at radius 2 is 1.76 bits per heavy atom. The van der Waals surface area contributed by atoms with Crippen LogP contribution < -0.4 is 4.90 Å². The molecule has 130 valence electrons. The van der Waals surface area contributed by atoms with Gasteiger partial charge in [-0.15, -0.1) is 0 Å². The molecule has 0 saturated carbocycles. The Balaban J connectivity index is 1.72. The van der Waals surface area contributed by atoms with E-state index >= 15 is 0 Å². The molecule has 3 heterocycles.